The van der Waals surface area contributed by atoms with Crippen LogP contribution in [0.4, 0.5) is 5.69 Å². The van der Waals surface area contributed by atoms with E-state index in [1.54, 1.807) is 26.0 Å². The van der Waals surface area contributed by atoms with Gasteiger partial charge in [0.2, 0.25) is 21.7 Å². The Morgan fingerprint density at radius 1 is 1.10 bits per heavy atom. The van der Waals surface area contributed by atoms with Crippen molar-refractivity contribution < 1.29 is 17.7 Å². The van der Waals surface area contributed by atoms with Gasteiger partial charge in [0.05, 0.1) is 18.2 Å². The molecule has 3 rings (SSSR count). The van der Waals surface area contributed by atoms with E-state index in [4.69, 9.17) is 20.9 Å². The summed E-state index contributed by atoms with van der Waals surface area (Å²) in [4.78, 5) is 4.44. The van der Waals surface area contributed by atoms with Crippen LogP contribution in [0.5, 0.6) is 5.75 Å². The van der Waals surface area contributed by atoms with Crippen LogP contribution < -0.4 is 10.1 Å². The Bertz CT molecular complexity index is 1110. The zero-order chi connectivity index (χ0) is 22.4. The van der Waals surface area contributed by atoms with Crippen LogP contribution in [0.2, 0.25) is 5.02 Å². The molecule has 10 heteroatoms. The van der Waals surface area contributed by atoms with E-state index >= 15 is 0 Å². The predicted molar refractivity (Wildman–Crippen MR) is 120 cm³/mol. The second-order valence-electron chi connectivity index (χ2n) is 6.56. The number of aromatic nitrogens is 2. The second-order valence-corrected chi connectivity index (χ2v) is 8.87. The van der Waals surface area contributed by atoms with Gasteiger partial charge in [-0.05, 0) is 49.4 Å². The summed E-state index contributed by atoms with van der Waals surface area (Å²) in [5.74, 6) is 1.60. The molecule has 1 aromatic heterocycles. The molecule has 0 amide bonds. The van der Waals surface area contributed by atoms with Crippen LogP contribution in [0.15, 0.2) is 51.9 Å². The molecular weight excluding hydrogens is 440 g/mol. The Labute approximate surface area is 187 Å². The van der Waals surface area contributed by atoms with Gasteiger partial charge < -0.3 is 14.6 Å². The fourth-order valence-corrected chi connectivity index (χ4v) is 4.96. The lowest BCUT2D eigenvalue weighted by atomic mass is 10.2. The van der Waals surface area contributed by atoms with Crippen LogP contribution in [-0.2, 0) is 16.6 Å². The summed E-state index contributed by atoms with van der Waals surface area (Å²) in [6, 6.07) is 12.2. The van der Waals surface area contributed by atoms with Crippen molar-refractivity contribution in [2.75, 3.05) is 25.0 Å². The highest BCUT2D eigenvalue weighted by atomic mass is 35.5. The van der Waals surface area contributed by atoms with Crippen molar-refractivity contribution >= 4 is 27.3 Å². The number of hydrogen-bond acceptors (Lipinski definition) is 7. The molecule has 166 valence electrons. The molecule has 3 aromatic rings. The molecule has 0 aliphatic rings. The Kier molecular flexibility index (Phi) is 7.53. The zero-order valence-corrected chi connectivity index (χ0v) is 19.2. The highest BCUT2D eigenvalue weighted by Crippen LogP contribution is 2.28. The predicted octanol–water partition coefficient (Wildman–Crippen LogP) is 4.43. The smallest absolute Gasteiger partial charge is 0.246 e. The van der Waals surface area contributed by atoms with Crippen molar-refractivity contribution in [2.24, 2.45) is 0 Å². The zero-order valence-electron chi connectivity index (χ0n) is 17.6. The van der Waals surface area contributed by atoms with Gasteiger partial charge in [0, 0.05) is 24.3 Å². The van der Waals surface area contributed by atoms with Crippen molar-refractivity contribution in [1.29, 1.82) is 0 Å². The van der Waals surface area contributed by atoms with Gasteiger partial charge in [-0.3, -0.25) is 0 Å². The van der Waals surface area contributed by atoms with Gasteiger partial charge in [-0.1, -0.05) is 30.6 Å². The minimum Gasteiger partial charge on any atom is -0.494 e. The number of benzene rings is 2. The number of hydrogen-bond donors (Lipinski definition) is 1. The van der Waals surface area contributed by atoms with Crippen molar-refractivity contribution in [3.8, 4) is 17.1 Å². The van der Waals surface area contributed by atoms with E-state index < -0.39 is 10.0 Å². The fourth-order valence-electron chi connectivity index (χ4n) is 3.00. The molecule has 0 radical (unpaired) electrons. The molecule has 0 saturated carbocycles. The van der Waals surface area contributed by atoms with E-state index in [9.17, 15) is 8.42 Å². The fraction of sp³-hybridized carbons (Fsp3) is 0.333. The van der Waals surface area contributed by atoms with Crippen LogP contribution in [-0.4, -0.2) is 42.6 Å². The Hall–Kier alpha value is -2.62. The number of ether oxygens (including phenoxy) is 1. The van der Waals surface area contributed by atoms with Gasteiger partial charge in [0.1, 0.15) is 10.6 Å². The molecular formula is C21H25ClN4O4S. The molecule has 0 aliphatic heterocycles. The number of halogens is 1. The molecule has 0 saturated heterocycles. The van der Waals surface area contributed by atoms with Crippen LogP contribution in [0.25, 0.3) is 11.4 Å². The van der Waals surface area contributed by atoms with Crippen molar-refractivity contribution in [3.63, 3.8) is 0 Å². The van der Waals surface area contributed by atoms with Crippen LogP contribution >= 0.6 is 11.6 Å². The SMILES string of the molecule is CCOc1ccc(-c2noc(CNc3ccc(Cl)c(S(=O)(=O)N(CC)CC)c3)n2)cc1. The summed E-state index contributed by atoms with van der Waals surface area (Å²) < 4.78 is 37.8. The maximum Gasteiger partial charge on any atom is 0.246 e. The van der Waals surface area contributed by atoms with E-state index in [1.807, 2.05) is 31.2 Å². The Morgan fingerprint density at radius 2 is 1.81 bits per heavy atom. The molecule has 0 fully saturated rings. The first kappa shape index (κ1) is 23.1. The third kappa shape index (κ3) is 5.36. The van der Waals surface area contributed by atoms with Crippen LogP contribution in [0.1, 0.15) is 26.7 Å². The molecule has 31 heavy (non-hydrogen) atoms. The van der Waals surface area contributed by atoms with E-state index in [-0.39, 0.29) is 16.5 Å². The first-order valence-corrected chi connectivity index (χ1v) is 11.8. The summed E-state index contributed by atoms with van der Waals surface area (Å²) in [6.07, 6.45) is 0. The van der Waals surface area contributed by atoms with E-state index in [0.717, 1.165) is 11.3 Å². The number of nitrogens with one attached hydrogen (secondary N) is 1. The third-order valence-electron chi connectivity index (χ3n) is 4.59. The summed E-state index contributed by atoms with van der Waals surface area (Å²) in [7, 11) is -3.68. The Balaban J connectivity index is 1.72. The minimum atomic E-state index is -3.68. The first-order chi connectivity index (χ1) is 14.9. The topological polar surface area (TPSA) is 97.6 Å². The molecule has 0 atom stereocenters. The van der Waals surface area contributed by atoms with Gasteiger partial charge in [0.25, 0.3) is 0 Å². The van der Waals surface area contributed by atoms with Crippen molar-refractivity contribution in [1.82, 2.24) is 14.4 Å². The van der Waals surface area contributed by atoms with Crippen molar-refractivity contribution in [2.45, 2.75) is 32.2 Å². The lowest BCUT2D eigenvalue weighted by molar-refractivity contribution is 0.340. The van der Waals surface area contributed by atoms with Gasteiger partial charge >= 0.3 is 0 Å². The number of anilines is 1. The second kappa shape index (κ2) is 10.1. The summed E-state index contributed by atoms with van der Waals surface area (Å²) >= 11 is 6.17. The standard InChI is InChI=1S/C21H25ClN4O4S/c1-4-26(5-2)31(27,28)19-13-16(9-12-18(19)22)23-14-20-24-21(25-30-20)15-7-10-17(11-8-15)29-6-3/h7-13,23H,4-6,14H2,1-3H3. The summed E-state index contributed by atoms with van der Waals surface area (Å²) in [5, 5.41) is 7.28. The average molecular weight is 465 g/mol. The monoisotopic (exact) mass is 464 g/mol. The van der Waals surface area contributed by atoms with Gasteiger partial charge in [-0.25, -0.2) is 8.42 Å². The minimum absolute atomic E-state index is 0.0588. The van der Waals surface area contributed by atoms with Gasteiger partial charge in [0.15, 0.2) is 0 Å². The maximum atomic E-state index is 12.8. The molecule has 1 heterocycles. The van der Waals surface area contributed by atoms with E-state index in [2.05, 4.69) is 15.5 Å². The number of sulfonamides is 1. The highest BCUT2D eigenvalue weighted by molar-refractivity contribution is 7.89. The molecule has 0 bridgehead atoms. The molecule has 1 N–H and O–H groups in total. The lowest BCUT2D eigenvalue weighted by Gasteiger charge is -2.19. The molecule has 2 aromatic carbocycles. The number of nitrogens with zero attached hydrogens (tertiary/aromatic N) is 3. The first-order valence-electron chi connectivity index (χ1n) is 9.98. The van der Waals surface area contributed by atoms with Crippen molar-refractivity contribution in [3.05, 3.63) is 53.4 Å². The van der Waals surface area contributed by atoms with Gasteiger partial charge in [-0.15, -0.1) is 0 Å². The number of rotatable bonds is 10. The summed E-state index contributed by atoms with van der Waals surface area (Å²) in [5.41, 5.74) is 1.38. The average Bonchev–Trinajstić information content (AvgIpc) is 3.23. The summed E-state index contributed by atoms with van der Waals surface area (Å²) in [6.45, 7) is 7.06. The largest absolute Gasteiger partial charge is 0.494 e. The normalized spacial score (nSPS) is 11.6. The Morgan fingerprint density at radius 3 is 2.45 bits per heavy atom. The van der Waals surface area contributed by atoms with E-state index in [0.29, 0.717) is 37.1 Å². The molecule has 0 unspecified atom stereocenters. The third-order valence-corrected chi connectivity index (χ3v) is 7.12. The molecule has 0 aliphatic carbocycles. The highest BCUT2D eigenvalue weighted by Gasteiger charge is 2.24. The molecule has 8 nitrogen and oxygen atoms in total. The van der Waals surface area contributed by atoms with E-state index in [1.165, 1.54) is 10.4 Å². The van der Waals surface area contributed by atoms with Gasteiger partial charge in [-0.2, -0.15) is 9.29 Å². The molecule has 0 spiro atoms. The van der Waals surface area contributed by atoms with Crippen LogP contribution in [0, 0.1) is 0 Å². The maximum absolute atomic E-state index is 12.8. The van der Waals surface area contributed by atoms with Crippen LogP contribution in [0.3, 0.4) is 0 Å². The lowest BCUT2D eigenvalue weighted by Crippen LogP contribution is -2.30. The quantitative estimate of drug-likeness (QED) is 0.473.